The highest BCUT2D eigenvalue weighted by Gasteiger charge is 2.27. The van der Waals surface area contributed by atoms with E-state index in [1.165, 1.54) is 0 Å². The van der Waals surface area contributed by atoms with Gasteiger partial charge in [-0.2, -0.15) is 10.2 Å². The largest absolute Gasteiger partial charge is 0.481 e. The second-order valence-electron chi connectivity index (χ2n) is 5.60. The summed E-state index contributed by atoms with van der Waals surface area (Å²) in [5.41, 5.74) is 1.87. The highest BCUT2D eigenvalue weighted by atomic mass is 16.4. The van der Waals surface area contributed by atoms with Gasteiger partial charge in [-0.15, -0.1) is 0 Å². The fourth-order valence-corrected chi connectivity index (χ4v) is 2.74. The summed E-state index contributed by atoms with van der Waals surface area (Å²) in [7, 11) is 0. The Bertz CT molecular complexity index is 928. The summed E-state index contributed by atoms with van der Waals surface area (Å²) in [4.78, 5) is 26.5. The van der Waals surface area contributed by atoms with E-state index < -0.39 is 24.3 Å². The van der Waals surface area contributed by atoms with Gasteiger partial charge in [-0.3, -0.25) is 14.6 Å². The fraction of sp³-hybridized carbons (Fsp3) is 0.167. The number of benzene rings is 1. The van der Waals surface area contributed by atoms with Gasteiger partial charge in [0.2, 0.25) is 0 Å². The van der Waals surface area contributed by atoms with Crippen LogP contribution in [0.25, 0.3) is 10.8 Å². The summed E-state index contributed by atoms with van der Waals surface area (Å²) in [6.07, 6.45) is 3.35. The Hall–Kier alpha value is -3.35. The average molecular weight is 337 g/mol. The number of rotatable bonds is 6. The van der Waals surface area contributed by atoms with E-state index >= 15 is 0 Å². The number of carboxylic acids is 2. The van der Waals surface area contributed by atoms with Crippen LogP contribution in [-0.2, 0) is 16.0 Å². The SMILES string of the molecule is O=C(O)CC(C(=O)O)c1nnc(Cc2ccncc2)c2ccccc12. The Balaban J connectivity index is 2.09. The summed E-state index contributed by atoms with van der Waals surface area (Å²) in [5.74, 6) is -3.67. The molecule has 0 saturated heterocycles. The molecule has 2 N–H and O–H groups in total. The summed E-state index contributed by atoms with van der Waals surface area (Å²) in [6, 6.07) is 10.9. The van der Waals surface area contributed by atoms with E-state index in [-0.39, 0.29) is 5.69 Å². The van der Waals surface area contributed by atoms with E-state index in [4.69, 9.17) is 5.11 Å². The fourth-order valence-electron chi connectivity index (χ4n) is 2.74. The Kier molecular flexibility index (Phi) is 4.65. The molecular weight excluding hydrogens is 322 g/mol. The number of carboxylic acid groups (broad SMARTS) is 2. The Morgan fingerprint density at radius 3 is 2.28 bits per heavy atom. The van der Waals surface area contributed by atoms with Crippen LogP contribution in [0.15, 0.2) is 48.8 Å². The molecule has 0 amide bonds. The molecule has 7 heteroatoms. The normalized spacial score (nSPS) is 12.0. The van der Waals surface area contributed by atoms with Crippen LogP contribution in [0.1, 0.15) is 29.3 Å². The van der Waals surface area contributed by atoms with E-state index in [9.17, 15) is 14.7 Å². The molecule has 0 aliphatic carbocycles. The molecule has 126 valence electrons. The van der Waals surface area contributed by atoms with Gasteiger partial charge >= 0.3 is 11.9 Å². The average Bonchev–Trinajstić information content (AvgIpc) is 2.61. The lowest BCUT2D eigenvalue weighted by molar-refractivity contribution is -0.145. The van der Waals surface area contributed by atoms with Gasteiger partial charge in [-0.25, -0.2) is 0 Å². The first-order valence-electron chi connectivity index (χ1n) is 7.64. The summed E-state index contributed by atoms with van der Waals surface area (Å²) in [5, 5.41) is 28.0. The van der Waals surface area contributed by atoms with E-state index in [0.717, 1.165) is 10.9 Å². The van der Waals surface area contributed by atoms with Gasteiger partial charge in [-0.1, -0.05) is 24.3 Å². The maximum atomic E-state index is 11.5. The third-order valence-electron chi connectivity index (χ3n) is 3.92. The minimum absolute atomic E-state index is 0.170. The summed E-state index contributed by atoms with van der Waals surface area (Å²) >= 11 is 0. The van der Waals surface area contributed by atoms with Crippen LogP contribution in [0, 0.1) is 0 Å². The smallest absolute Gasteiger partial charge is 0.313 e. The van der Waals surface area contributed by atoms with Gasteiger partial charge < -0.3 is 10.2 Å². The van der Waals surface area contributed by atoms with Gasteiger partial charge in [0.15, 0.2) is 0 Å². The second kappa shape index (κ2) is 7.04. The zero-order valence-electron chi connectivity index (χ0n) is 13.2. The predicted octanol–water partition coefficient (Wildman–Crippen LogP) is 2.26. The van der Waals surface area contributed by atoms with Crippen LogP contribution in [0.3, 0.4) is 0 Å². The van der Waals surface area contributed by atoms with E-state index in [1.54, 1.807) is 24.5 Å². The lowest BCUT2D eigenvalue weighted by atomic mass is 9.95. The van der Waals surface area contributed by atoms with Gasteiger partial charge in [-0.05, 0) is 17.7 Å². The van der Waals surface area contributed by atoms with Crippen molar-refractivity contribution in [1.29, 1.82) is 0 Å². The van der Waals surface area contributed by atoms with Crippen LogP contribution in [0.2, 0.25) is 0 Å². The number of aliphatic carboxylic acids is 2. The molecule has 7 nitrogen and oxygen atoms in total. The monoisotopic (exact) mass is 337 g/mol. The molecule has 0 radical (unpaired) electrons. The topological polar surface area (TPSA) is 113 Å². The number of fused-ring (bicyclic) bond motifs is 1. The van der Waals surface area contributed by atoms with Crippen molar-refractivity contribution in [3.8, 4) is 0 Å². The maximum Gasteiger partial charge on any atom is 0.313 e. The van der Waals surface area contributed by atoms with Crippen molar-refractivity contribution >= 4 is 22.7 Å². The van der Waals surface area contributed by atoms with Gasteiger partial charge in [0, 0.05) is 29.6 Å². The maximum absolute atomic E-state index is 11.5. The van der Waals surface area contributed by atoms with Crippen molar-refractivity contribution < 1.29 is 19.8 Å². The number of hydrogen-bond donors (Lipinski definition) is 2. The van der Waals surface area contributed by atoms with Crippen LogP contribution < -0.4 is 0 Å². The van der Waals surface area contributed by atoms with Crippen molar-refractivity contribution in [2.75, 3.05) is 0 Å². The lowest BCUT2D eigenvalue weighted by Crippen LogP contribution is -2.18. The van der Waals surface area contributed by atoms with Crippen molar-refractivity contribution in [3.63, 3.8) is 0 Å². The lowest BCUT2D eigenvalue weighted by Gasteiger charge is -2.13. The minimum Gasteiger partial charge on any atom is -0.481 e. The summed E-state index contributed by atoms with van der Waals surface area (Å²) < 4.78 is 0. The minimum atomic E-state index is -1.25. The first-order valence-corrected chi connectivity index (χ1v) is 7.64. The van der Waals surface area contributed by atoms with Gasteiger partial charge in [0.25, 0.3) is 0 Å². The molecular formula is C18H15N3O4. The Morgan fingerprint density at radius 2 is 1.64 bits per heavy atom. The molecule has 3 rings (SSSR count). The number of pyridine rings is 1. The van der Waals surface area contributed by atoms with Gasteiger partial charge in [0.05, 0.1) is 17.8 Å². The van der Waals surface area contributed by atoms with Crippen molar-refractivity contribution in [2.45, 2.75) is 18.8 Å². The molecule has 0 fully saturated rings. The van der Waals surface area contributed by atoms with Crippen molar-refractivity contribution in [2.24, 2.45) is 0 Å². The molecule has 0 aliphatic rings. The van der Waals surface area contributed by atoms with Crippen molar-refractivity contribution in [3.05, 3.63) is 65.7 Å². The molecule has 2 heterocycles. The quantitative estimate of drug-likeness (QED) is 0.709. The van der Waals surface area contributed by atoms with Crippen LogP contribution in [-0.4, -0.2) is 37.3 Å². The van der Waals surface area contributed by atoms with E-state index in [2.05, 4.69) is 15.2 Å². The van der Waals surface area contributed by atoms with Crippen LogP contribution in [0.4, 0.5) is 0 Å². The molecule has 0 bridgehead atoms. The molecule has 1 aromatic carbocycles. The summed E-state index contributed by atoms with van der Waals surface area (Å²) in [6.45, 7) is 0. The second-order valence-corrected chi connectivity index (χ2v) is 5.60. The highest BCUT2D eigenvalue weighted by Crippen LogP contribution is 2.28. The Labute approximate surface area is 143 Å². The third-order valence-corrected chi connectivity index (χ3v) is 3.92. The first kappa shape index (κ1) is 16.5. The highest BCUT2D eigenvalue weighted by molar-refractivity contribution is 5.92. The number of aromatic nitrogens is 3. The van der Waals surface area contributed by atoms with Crippen LogP contribution >= 0.6 is 0 Å². The molecule has 0 saturated carbocycles. The molecule has 1 atom stereocenters. The molecule has 25 heavy (non-hydrogen) atoms. The molecule has 0 aliphatic heterocycles. The third kappa shape index (κ3) is 3.60. The zero-order chi connectivity index (χ0) is 17.8. The van der Waals surface area contributed by atoms with E-state index in [0.29, 0.717) is 17.5 Å². The molecule has 1 unspecified atom stereocenters. The van der Waals surface area contributed by atoms with Gasteiger partial charge in [0.1, 0.15) is 5.92 Å². The predicted molar refractivity (Wildman–Crippen MR) is 89.2 cm³/mol. The number of carbonyl (C=O) groups is 2. The van der Waals surface area contributed by atoms with Crippen LogP contribution in [0.5, 0.6) is 0 Å². The number of nitrogens with zero attached hydrogens (tertiary/aromatic N) is 3. The number of hydrogen-bond acceptors (Lipinski definition) is 5. The zero-order valence-corrected chi connectivity index (χ0v) is 13.2. The molecule has 3 aromatic rings. The standard InChI is InChI=1S/C18H15N3O4/c22-16(23)10-14(18(24)25)17-13-4-2-1-3-12(13)15(20-21-17)9-11-5-7-19-8-6-11/h1-8,14H,9-10H2,(H,22,23)(H,24,25). The Morgan fingerprint density at radius 1 is 0.960 bits per heavy atom. The van der Waals surface area contributed by atoms with Crippen molar-refractivity contribution in [1.82, 2.24) is 15.2 Å². The molecule has 2 aromatic heterocycles. The van der Waals surface area contributed by atoms with E-state index in [1.807, 2.05) is 24.3 Å². The molecule has 0 spiro atoms. The first-order chi connectivity index (χ1) is 12.1.